The molecule has 94 valence electrons. The van der Waals surface area contributed by atoms with Gasteiger partial charge < -0.3 is 11.1 Å². The van der Waals surface area contributed by atoms with Crippen molar-refractivity contribution in [2.75, 3.05) is 19.6 Å². The third-order valence-electron chi connectivity index (χ3n) is 3.28. The number of nitrogens with two attached hydrogens (primary N) is 1. The number of carbonyl (C=O) groups excluding carboxylic acids is 1. The van der Waals surface area contributed by atoms with E-state index in [9.17, 15) is 4.79 Å². The van der Waals surface area contributed by atoms with Crippen LogP contribution in [0.25, 0.3) is 0 Å². The zero-order chi connectivity index (χ0) is 12.0. The zero-order valence-corrected chi connectivity index (χ0v) is 10.5. The van der Waals surface area contributed by atoms with E-state index in [0.29, 0.717) is 6.04 Å². The van der Waals surface area contributed by atoms with Crippen molar-refractivity contribution in [2.24, 2.45) is 5.73 Å². The maximum absolute atomic E-state index is 11.4. The summed E-state index contributed by atoms with van der Waals surface area (Å²) < 4.78 is 0. The normalized spacial score (nSPS) is 22.6. The van der Waals surface area contributed by atoms with Gasteiger partial charge in [0.15, 0.2) is 0 Å². The summed E-state index contributed by atoms with van der Waals surface area (Å²) in [6.45, 7) is 7.19. The van der Waals surface area contributed by atoms with Crippen molar-refractivity contribution in [2.45, 2.75) is 51.6 Å². The Morgan fingerprint density at radius 3 is 2.75 bits per heavy atom. The van der Waals surface area contributed by atoms with Gasteiger partial charge in [0.1, 0.15) is 0 Å². The highest BCUT2D eigenvalue weighted by Gasteiger charge is 2.25. The number of primary amides is 1. The fourth-order valence-electron chi connectivity index (χ4n) is 2.50. The molecule has 16 heavy (non-hydrogen) atoms. The molecule has 1 aliphatic rings. The van der Waals surface area contributed by atoms with Crippen LogP contribution in [0, 0.1) is 0 Å². The SMILES string of the molecule is CCCN(CC1CCCN1)C(CC)C(N)=O. The van der Waals surface area contributed by atoms with Crippen molar-refractivity contribution >= 4 is 5.91 Å². The predicted molar refractivity (Wildman–Crippen MR) is 66.2 cm³/mol. The lowest BCUT2D eigenvalue weighted by atomic mass is 10.1. The van der Waals surface area contributed by atoms with Gasteiger partial charge in [0.2, 0.25) is 5.91 Å². The summed E-state index contributed by atoms with van der Waals surface area (Å²) in [6.07, 6.45) is 4.34. The van der Waals surface area contributed by atoms with Gasteiger partial charge in [-0.15, -0.1) is 0 Å². The van der Waals surface area contributed by atoms with E-state index in [4.69, 9.17) is 5.73 Å². The molecule has 3 N–H and O–H groups in total. The number of nitrogens with one attached hydrogen (secondary N) is 1. The zero-order valence-electron chi connectivity index (χ0n) is 10.5. The first kappa shape index (κ1) is 13.5. The second-order valence-electron chi connectivity index (χ2n) is 4.61. The number of hydrogen-bond acceptors (Lipinski definition) is 3. The minimum Gasteiger partial charge on any atom is -0.368 e. The fourth-order valence-corrected chi connectivity index (χ4v) is 2.50. The van der Waals surface area contributed by atoms with Crippen LogP contribution in [0.5, 0.6) is 0 Å². The second-order valence-corrected chi connectivity index (χ2v) is 4.61. The van der Waals surface area contributed by atoms with Crippen LogP contribution in [0.2, 0.25) is 0 Å². The largest absolute Gasteiger partial charge is 0.368 e. The van der Waals surface area contributed by atoms with E-state index in [1.54, 1.807) is 0 Å². The monoisotopic (exact) mass is 227 g/mol. The van der Waals surface area contributed by atoms with Crippen molar-refractivity contribution in [3.63, 3.8) is 0 Å². The first-order valence-electron chi connectivity index (χ1n) is 6.45. The Labute approximate surface area is 98.6 Å². The van der Waals surface area contributed by atoms with Crippen LogP contribution in [0.1, 0.15) is 39.5 Å². The maximum atomic E-state index is 11.4. The number of carbonyl (C=O) groups is 1. The molecule has 2 unspecified atom stereocenters. The third-order valence-corrected chi connectivity index (χ3v) is 3.28. The van der Waals surface area contributed by atoms with Gasteiger partial charge in [-0.25, -0.2) is 0 Å². The van der Waals surface area contributed by atoms with Gasteiger partial charge in [-0.2, -0.15) is 0 Å². The average Bonchev–Trinajstić information content (AvgIpc) is 2.71. The van der Waals surface area contributed by atoms with Gasteiger partial charge >= 0.3 is 0 Å². The molecular formula is C12H25N3O. The standard InChI is InChI=1S/C12H25N3O/c1-3-8-15(11(4-2)12(13)16)9-10-6-5-7-14-10/h10-11,14H,3-9H2,1-2H3,(H2,13,16). The summed E-state index contributed by atoms with van der Waals surface area (Å²) in [5.74, 6) is -0.186. The minimum absolute atomic E-state index is 0.0950. The Morgan fingerprint density at radius 1 is 1.56 bits per heavy atom. The Hall–Kier alpha value is -0.610. The average molecular weight is 227 g/mol. The van der Waals surface area contributed by atoms with Crippen molar-refractivity contribution in [3.05, 3.63) is 0 Å². The molecule has 0 spiro atoms. The fraction of sp³-hybridized carbons (Fsp3) is 0.917. The Balaban J connectivity index is 2.53. The van der Waals surface area contributed by atoms with Crippen molar-refractivity contribution < 1.29 is 4.79 Å². The van der Waals surface area contributed by atoms with Gasteiger partial charge in [-0.05, 0) is 38.8 Å². The van der Waals surface area contributed by atoms with E-state index >= 15 is 0 Å². The van der Waals surface area contributed by atoms with Crippen LogP contribution in [-0.2, 0) is 4.79 Å². The van der Waals surface area contributed by atoms with Crippen LogP contribution in [0.4, 0.5) is 0 Å². The summed E-state index contributed by atoms with van der Waals surface area (Å²) in [4.78, 5) is 13.6. The maximum Gasteiger partial charge on any atom is 0.234 e. The molecule has 1 saturated heterocycles. The van der Waals surface area contributed by atoms with E-state index in [0.717, 1.165) is 32.5 Å². The van der Waals surface area contributed by atoms with Gasteiger partial charge in [0.05, 0.1) is 6.04 Å². The van der Waals surface area contributed by atoms with Crippen LogP contribution in [-0.4, -0.2) is 42.5 Å². The van der Waals surface area contributed by atoms with Gasteiger partial charge in [-0.1, -0.05) is 13.8 Å². The first-order valence-corrected chi connectivity index (χ1v) is 6.45. The predicted octanol–water partition coefficient (Wildman–Crippen LogP) is 0.714. The smallest absolute Gasteiger partial charge is 0.234 e. The molecule has 0 bridgehead atoms. The molecule has 0 saturated carbocycles. The molecule has 2 atom stereocenters. The lowest BCUT2D eigenvalue weighted by Crippen LogP contribution is -2.49. The molecule has 0 aromatic rings. The van der Waals surface area contributed by atoms with Gasteiger partial charge in [0.25, 0.3) is 0 Å². The summed E-state index contributed by atoms with van der Waals surface area (Å²) in [5, 5.41) is 3.47. The highest BCUT2D eigenvalue weighted by atomic mass is 16.1. The quantitative estimate of drug-likeness (QED) is 0.673. The number of hydrogen-bond donors (Lipinski definition) is 2. The highest BCUT2D eigenvalue weighted by molar-refractivity contribution is 5.79. The minimum atomic E-state index is -0.186. The van der Waals surface area contributed by atoms with E-state index in [2.05, 4.69) is 17.1 Å². The first-order chi connectivity index (χ1) is 7.69. The molecule has 0 aromatic heterocycles. The lowest BCUT2D eigenvalue weighted by molar-refractivity contribution is -0.123. The van der Waals surface area contributed by atoms with E-state index in [1.165, 1.54) is 12.8 Å². The summed E-state index contributed by atoms with van der Waals surface area (Å²) in [7, 11) is 0. The van der Waals surface area contributed by atoms with E-state index < -0.39 is 0 Å². The van der Waals surface area contributed by atoms with Gasteiger partial charge in [-0.3, -0.25) is 9.69 Å². The molecule has 1 aliphatic heterocycles. The Kier molecular flexibility index (Phi) is 5.77. The van der Waals surface area contributed by atoms with E-state index in [-0.39, 0.29) is 11.9 Å². The van der Waals surface area contributed by atoms with Crippen molar-refractivity contribution in [1.29, 1.82) is 0 Å². The summed E-state index contributed by atoms with van der Waals surface area (Å²) in [5.41, 5.74) is 5.45. The van der Waals surface area contributed by atoms with Crippen LogP contribution in [0.15, 0.2) is 0 Å². The van der Waals surface area contributed by atoms with E-state index in [1.807, 2.05) is 6.92 Å². The second kappa shape index (κ2) is 6.86. The molecule has 0 aromatic carbocycles. The molecule has 1 rings (SSSR count). The molecule has 1 amide bonds. The molecule has 0 aliphatic carbocycles. The van der Waals surface area contributed by atoms with Crippen LogP contribution >= 0.6 is 0 Å². The molecular weight excluding hydrogens is 202 g/mol. The van der Waals surface area contributed by atoms with Crippen molar-refractivity contribution in [3.8, 4) is 0 Å². The summed E-state index contributed by atoms with van der Waals surface area (Å²) in [6, 6.07) is 0.447. The topological polar surface area (TPSA) is 58.4 Å². The third kappa shape index (κ3) is 3.76. The molecule has 0 radical (unpaired) electrons. The van der Waals surface area contributed by atoms with Gasteiger partial charge in [0, 0.05) is 12.6 Å². The van der Waals surface area contributed by atoms with Crippen molar-refractivity contribution in [1.82, 2.24) is 10.2 Å². The molecule has 1 fully saturated rings. The Morgan fingerprint density at radius 2 is 2.31 bits per heavy atom. The molecule has 1 heterocycles. The van der Waals surface area contributed by atoms with Crippen LogP contribution < -0.4 is 11.1 Å². The molecule has 4 nitrogen and oxygen atoms in total. The number of amides is 1. The Bertz CT molecular complexity index is 214. The molecule has 4 heteroatoms. The van der Waals surface area contributed by atoms with Crippen LogP contribution in [0.3, 0.4) is 0 Å². The number of rotatable bonds is 7. The number of nitrogens with zero attached hydrogens (tertiary/aromatic N) is 1. The highest BCUT2D eigenvalue weighted by Crippen LogP contribution is 2.11. The lowest BCUT2D eigenvalue weighted by Gasteiger charge is -2.30. The summed E-state index contributed by atoms with van der Waals surface area (Å²) >= 11 is 0.